The first kappa shape index (κ1) is 13.8. The van der Waals surface area contributed by atoms with Crippen molar-refractivity contribution in [2.24, 2.45) is 0 Å². The van der Waals surface area contributed by atoms with Crippen LogP contribution in [0.15, 0.2) is 34.9 Å². The Balaban J connectivity index is 2.45. The first-order chi connectivity index (χ1) is 9.17. The largest absolute Gasteiger partial charge is 0.493 e. The van der Waals surface area contributed by atoms with Gasteiger partial charge in [0.25, 0.3) is 0 Å². The number of aryl methyl sites for hydroxylation is 1. The molecule has 0 aliphatic rings. The van der Waals surface area contributed by atoms with E-state index in [2.05, 4.69) is 21.0 Å². The average Bonchev–Trinajstić information content (AvgIpc) is 2.81. The summed E-state index contributed by atoms with van der Waals surface area (Å²) in [5.41, 5.74) is 1.12. The van der Waals surface area contributed by atoms with Crippen LogP contribution < -0.4 is 4.74 Å². The van der Waals surface area contributed by atoms with E-state index < -0.39 is 0 Å². The highest BCUT2D eigenvalue weighted by molar-refractivity contribution is 9.10. The number of nitrogens with zero attached hydrogens (tertiary/aromatic N) is 2. The van der Waals surface area contributed by atoms with Crippen molar-refractivity contribution in [2.75, 3.05) is 7.11 Å². The molecule has 2 rings (SSSR count). The predicted octanol–water partition coefficient (Wildman–Crippen LogP) is 3.30. The number of ether oxygens (including phenoxy) is 1. The van der Waals surface area contributed by atoms with Crippen molar-refractivity contribution in [3.63, 3.8) is 0 Å². The fourth-order valence-corrected chi connectivity index (χ4v) is 2.29. The Kier molecular flexibility index (Phi) is 4.37. The summed E-state index contributed by atoms with van der Waals surface area (Å²) in [6.07, 6.45) is 2.49. The maximum absolute atomic E-state index is 12.6. The number of halogens is 1. The lowest BCUT2D eigenvalue weighted by atomic mass is 10.1. The molecule has 0 spiro atoms. The highest BCUT2D eigenvalue weighted by Crippen LogP contribution is 2.23. The Hall–Kier alpha value is -1.62. The zero-order chi connectivity index (χ0) is 13.8. The quantitative estimate of drug-likeness (QED) is 0.793. The second-order valence-electron chi connectivity index (χ2n) is 4.12. The molecule has 0 aliphatic carbocycles. The van der Waals surface area contributed by atoms with E-state index in [1.807, 2.05) is 19.1 Å². The monoisotopic (exact) mass is 322 g/mol. The van der Waals surface area contributed by atoms with Gasteiger partial charge in [-0.1, -0.05) is 35.0 Å². The number of hydrogen-bond acceptors (Lipinski definition) is 3. The van der Waals surface area contributed by atoms with Crippen LogP contribution in [0.25, 0.3) is 0 Å². The van der Waals surface area contributed by atoms with Crippen molar-refractivity contribution >= 4 is 21.7 Å². The predicted molar refractivity (Wildman–Crippen MR) is 76.6 cm³/mol. The summed E-state index contributed by atoms with van der Waals surface area (Å²) in [5, 5.41) is 4.20. The van der Waals surface area contributed by atoms with Crippen molar-refractivity contribution in [2.45, 2.75) is 19.9 Å². The van der Waals surface area contributed by atoms with Crippen LogP contribution in [-0.4, -0.2) is 22.7 Å². The maximum atomic E-state index is 12.6. The van der Waals surface area contributed by atoms with E-state index in [4.69, 9.17) is 4.74 Å². The molecule has 0 bridgehead atoms. The molecule has 1 aromatic heterocycles. The summed E-state index contributed by atoms with van der Waals surface area (Å²) in [4.78, 5) is 12.6. The summed E-state index contributed by atoms with van der Waals surface area (Å²) in [5.74, 6) is 0.433. The Morgan fingerprint density at radius 2 is 2.26 bits per heavy atom. The molecule has 0 saturated heterocycles. The van der Waals surface area contributed by atoms with Crippen LogP contribution in [0, 0.1) is 0 Å². The normalized spacial score (nSPS) is 10.5. The molecule has 0 saturated carbocycles. The topological polar surface area (TPSA) is 44.1 Å². The van der Waals surface area contributed by atoms with Crippen LogP contribution in [-0.2, 0) is 6.54 Å². The number of hydrogen-bond donors (Lipinski definition) is 0. The first-order valence-electron chi connectivity index (χ1n) is 6.07. The van der Waals surface area contributed by atoms with Crippen LogP contribution in [0.3, 0.4) is 0 Å². The summed E-state index contributed by atoms with van der Waals surface area (Å²) in [7, 11) is 1.55. The molecule has 100 valence electrons. The number of carbonyl (C=O) groups excluding carboxylic acids is 1. The highest BCUT2D eigenvalue weighted by Gasteiger charge is 2.20. The third-order valence-electron chi connectivity index (χ3n) is 2.76. The Morgan fingerprint density at radius 3 is 2.89 bits per heavy atom. The minimum Gasteiger partial charge on any atom is -0.493 e. The fourth-order valence-electron chi connectivity index (χ4n) is 1.89. The first-order valence-corrected chi connectivity index (χ1v) is 6.86. The van der Waals surface area contributed by atoms with Crippen molar-refractivity contribution in [3.8, 4) is 5.75 Å². The molecular formula is C14H15BrN2O2. The second kappa shape index (κ2) is 6.02. The third-order valence-corrected chi connectivity index (χ3v) is 3.26. The van der Waals surface area contributed by atoms with Gasteiger partial charge in [0.2, 0.25) is 5.78 Å². The van der Waals surface area contributed by atoms with Crippen LogP contribution in [0.1, 0.15) is 29.4 Å². The standard InChI is InChI=1S/C14H15BrN2O2/c1-3-7-17-13(12(19-2)9-16-17)14(18)10-5-4-6-11(15)8-10/h4-6,8-9H,3,7H2,1-2H3. The summed E-state index contributed by atoms with van der Waals surface area (Å²) < 4.78 is 7.80. The smallest absolute Gasteiger partial charge is 0.214 e. The van der Waals surface area contributed by atoms with Crippen molar-refractivity contribution in [3.05, 3.63) is 46.2 Å². The van der Waals surface area contributed by atoms with Gasteiger partial charge in [0.15, 0.2) is 11.4 Å². The number of carbonyl (C=O) groups is 1. The van der Waals surface area contributed by atoms with E-state index in [1.54, 1.807) is 30.1 Å². The summed E-state index contributed by atoms with van der Waals surface area (Å²) in [6, 6.07) is 7.31. The molecule has 0 aliphatic heterocycles. The number of rotatable bonds is 5. The van der Waals surface area contributed by atoms with Gasteiger partial charge in [-0.2, -0.15) is 5.10 Å². The minimum atomic E-state index is -0.0795. The summed E-state index contributed by atoms with van der Waals surface area (Å²) in [6.45, 7) is 2.74. The molecule has 0 radical (unpaired) electrons. The molecular weight excluding hydrogens is 308 g/mol. The van der Waals surface area contributed by atoms with Gasteiger partial charge in [0.1, 0.15) is 0 Å². The molecule has 0 N–H and O–H groups in total. The van der Waals surface area contributed by atoms with E-state index in [-0.39, 0.29) is 5.78 Å². The van der Waals surface area contributed by atoms with Crippen molar-refractivity contribution < 1.29 is 9.53 Å². The van der Waals surface area contributed by atoms with Crippen LogP contribution in [0.5, 0.6) is 5.75 Å². The van der Waals surface area contributed by atoms with E-state index in [0.29, 0.717) is 23.6 Å². The minimum absolute atomic E-state index is 0.0795. The van der Waals surface area contributed by atoms with Gasteiger partial charge in [0.05, 0.1) is 13.3 Å². The van der Waals surface area contributed by atoms with Crippen LogP contribution in [0.4, 0.5) is 0 Å². The van der Waals surface area contributed by atoms with Crippen LogP contribution in [0.2, 0.25) is 0 Å². The molecule has 5 heteroatoms. The number of methoxy groups -OCH3 is 1. The van der Waals surface area contributed by atoms with Crippen molar-refractivity contribution in [1.29, 1.82) is 0 Å². The molecule has 0 unspecified atom stereocenters. The molecule has 0 atom stereocenters. The van der Waals surface area contributed by atoms with Gasteiger partial charge in [0, 0.05) is 16.6 Å². The Morgan fingerprint density at radius 1 is 1.47 bits per heavy atom. The highest BCUT2D eigenvalue weighted by atomic mass is 79.9. The van der Waals surface area contributed by atoms with Gasteiger partial charge in [-0.25, -0.2) is 0 Å². The molecule has 1 heterocycles. The van der Waals surface area contributed by atoms with Crippen LogP contribution >= 0.6 is 15.9 Å². The number of ketones is 1. The van der Waals surface area contributed by atoms with Gasteiger partial charge < -0.3 is 4.74 Å². The van der Waals surface area contributed by atoms with Gasteiger partial charge in [-0.15, -0.1) is 0 Å². The zero-order valence-electron chi connectivity index (χ0n) is 10.9. The molecule has 19 heavy (non-hydrogen) atoms. The molecule has 0 amide bonds. The average molecular weight is 323 g/mol. The lowest BCUT2D eigenvalue weighted by Crippen LogP contribution is -2.12. The second-order valence-corrected chi connectivity index (χ2v) is 5.04. The maximum Gasteiger partial charge on any atom is 0.214 e. The van der Waals surface area contributed by atoms with E-state index in [1.165, 1.54) is 0 Å². The van der Waals surface area contributed by atoms with E-state index in [0.717, 1.165) is 10.9 Å². The summed E-state index contributed by atoms with van der Waals surface area (Å²) >= 11 is 3.37. The van der Waals surface area contributed by atoms with Gasteiger partial charge in [-0.05, 0) is 18.6 Å². The Labute approximate surface area is 120 Å². The lowest BCUT2D eigenvalue weighted by Gasteiger charge is -2.07. The SMILES string of the molecule is CCCn1ncc(OC)c1C(=O)c1cccc(Br)c1. The Bertz CT molecular complexity index is 593. The molecule has 1 aromatic carbocycles. The molecule has 2 aromatic rings. The number of benzene rings is 1. The lowest BCUT2D eigenvalue weighted by molar-refractivity contribution is 0.102. The molecule has 0 fully saturated rings. The van der Waals surface area contributed by atoms with E-state index in [9.17, 15) is 4.79 Å². The van der Waals surface area contributed by atoms with Gasteiger partial charge >= 0.3 is 0 Å². The third kappa shape index (κ3) is 2.87. The zero-order valence-corrected chi connectivity index (χ0v) is 12.5. The van der Waals surface area contributed by atoms with Gasteiger partial charge in [-0.3, -0.25) is 9.48 Å². The molecule has 4 nitrogen and oxygen atoms in total. The number of aromatic nitrogens is 2. The van der Waals surface area contributed by atoms with E-state index >= 15 is 0 Å². The van der Waals surface area contributed by atoms with Crippen molar-refractivity contribution in [1.82, 2.24) is 9.78 Å². The fraction of sp³-hybridized carbons (Fsp3) is 0.286.